The molecule has 0 aromatic carbocycles. The summed E-state index contributed by atoms with van der Waals surface area (Å²) in [5.41, 5.74) is 0. The molecule has 6 nitrogen and oxygen atoms in total. The average Bonchev–Trinajstić information content (AvgIpc) is 3.15. The van der Waals surface area contributed by atoms with Gasteiger partial charge in [0.05, 0.1) is 0 Å². The Kier molecular flexibility index (Phi) is 40.9. The molecule has 53 heavy (non-hydrogen) atoms. The predicted molar refractivity (Wildman–Crippen MR) is 224 cm³/mol. The molecular formula is C47H86O6. The van der Waals surface area contributed by atoms with E-state index in [1.165, 1.54) is 122 Å². The summed E-state index contributed by atoms with van der Waals surface area (Å²) in [6.07, 6.45) is 44.9. The van der Waals surface area contributed by atoms with Crippen LogP contribution in [-0.4, -0.2) is 37.2 Å². The molecule has 0 rings (SSSR count). The Morgan fingerprint density at radius 1 is 0.415 bits per heavy atom. The molecule has 310 valence electrons. The summed E-state index contributed by atoms with van der Waals surface area (Å²) >= 11 is 0. The van der Waals surface area contributed by atoms with Gasteiger partial charge in [-0.15, -0.1) is 6.58 Å². The van der Waals surface area contributed by atoms with Crippen molar-refractivity contribution < 1.29 is 28.6 Å². The first-order chi connectivity index (χ1) is 26.0. The molecule has 0 bridgehead atoms. The summed E-state index contributed by atoms with van der Waals surface area (Å²) in [5.74, 6) is -0.905. The molecule has 6 heteroatoms. The van der Waals surface area contributed by atoms with Gasteiger partial charge >= 0.3 is 17.9 Å². The minimum absolute atomic E-state index is 0.0774. The van der Waals surface area contributed by atoms with Crippen LogP contribution < -0.4 is 0 Å². The Hall–Kier alpha value is -2.11. The van der Waals surface area contributed by atoms with Gasteiger partial charge in [0.1, 0.15) is 13.2 Å². The van der Waals surface area contributed by atoms with Crippen LogP contribution in [0.5, 0.6) is 0 Å². The maximum atomic E-state index is 12.7. The fourth-order valence-corrected chi connectivity index (χ4v) is 6.59. The standard InChI is InChI=1S/C47H86O6/c1-4-7-10-13-16-18-20-22-23-25-27-29-32-35-38-41-47(50)53-44(42-51-45(48)39-36-33-30-15-12-9-6-3)43-52-46(49)40-37-34-31-28-26-24-21-19-17-14-11-8-5-2/h6,22-23,44H,3-5,7-21,24-43H2,1-2H3. The van der Waals surface area contributed by atoms with Gasteiger partial charge in [0, 0.05) is 19.3 Å². The Labute approximate surface area is 328 Å². The smallest absolute Gasteiger partial charge is 0.306 e. The van der Waals surface area contributed by atoms with Gasteiger partial charge in [-0.3, -0.25) is 14.4 Å². The second-order valence-corrected chi connectivity index (χ2v) is 15.4. The summed E-state index contributed by atoms with van der Waals surface area (Å²) in [5, 5.41) is 0. The zero-order valence-corrected chi connectivity index (χ0v) is 35.1. The van der Waals surface area contributed by atoms with Crippen LogP contribution in [0.4, 0.5) is 0 Å². The van der Waals surface area contributed by atoms with Gasteiger partial charge in [-0.05, 0) is 57.8 Å². The van der Waals surface area contributed by atoms with Gasteiger partial charge in [-0.25, -0.2) is 0 Å². The maximum Gasteiger partial charge on any atom is 0.306 e. The molecule has 0 radical (unpaired) electrons. The molecule has 0 saturated heterocycles. The number of carbonyl (C=O) groups is 3. The number of allylic oxidation sites excluding steroid dienone is 3. The molecule has 0 aliphatic carbocycles. The fraction of sp³-hybridized carbons (Fsp3) is 0.851. The molecule has 0 saturated carbocycles. The van der Waals surface area contributed by atoms with Crippen molar-refractivity contribution in [2.45, 2.75) is 245 Å². The predicted octanol–water partition coefficient (Wildman–Crippen LogP) is 14.4. The Bertz CT molecular complexity index is 852. The molecule has 0 aliphatic heterocycles. The van der Waals surface area contributed by atoms with Gasteiger partial charge in [0.2, 0.25) is 0 Å². The lowest BCUT2D eigenvalue weighted by Gasteiger charge is -2.18. The number of unbranched alkanes of at least 4 members (excludes halogenated alkanes) is 28. The van der Waals surface area contributed by atoms with Crippen molar-refractivity contribution in [3.8, 4) is 0 Å². The number of ether oxygens (including phenoxy) is 3. The van der Waals surface area contributed by atoms with E-state index in [2.05, 4.69) is 32.6 Å². The van der Waals surface area contributed by atoms with Crippen LogP contribution in [0.2, 0.25) is 0 Å². The van der Waals surface area contributed by atoms with E-state index in [-0.39, 0.29) is 31.1 Å². The Morgan fingerprint density at radius 2 is 0.717 bits per heavy atom. The number of hydrogen-bond donors (Lipinski definition) is 0. The molecule has 0 aliphatic rings. The van der Waals surface area contributed by atoms with Crippen molar-refractivity contribution in [1.29, 1.82) is 0 Å². The van der Waals surface area contributed by atoms with Gasteiger partial charge in [0.25, 0.3) is 0 Å². The second kappa shape index (κ2) is 42.6. The molecule has 0 amide bonds. The minimum atomic E-state index is -0.774. The lowest BCUT2D eigenvalue weighted by molar-refractivity contribution is -0.167. The third kappa shape index (κ3) is 40.9. The Morgan fingerprint density at radius 3 is 1.08 bits per heavy atom. The first-order valence-electron chi connectivity index (χ1n) is 22.8. The first-order valence-corrected chi connectivity index (χ1v) is 22.8. The van der Waals surface area contributed by atoms with Gasteiger partial charge in [-0.2, -0.15) is 0 Å². The summed E-state index contributed by atoms with van der Waals surface area (Å²) in [4.78, 5) is 37.6. The number of esters is 3. The SMILES string of the molecule is C=CCCCCCCCC(=O)OCC(COC(=O)CCCCCCCCCCCCCCC)OC(=O)CCCCCCCC=CCCCCCCCC. The normalized spacial score (nSPS) is 11.9. The van der Waals surface area contributed by atoms with E-state index in [4.69, 9.17) is 14.2 Å². The van der Waals surface area contributed by atoms with Gasteiger partial charge in [-0.1, -0.05) is 180 Å². The molecule has 0 aromatic heterocycles. The zero-order valence-electron chi connectivity index (χ0n) is 35.1. The van der Waals surface area contributed by atoms with E-state index in [1.54, 1.807) is 0 Å². The molecule has 0 aromatic rings. The highest BCUT2D eigenvalue weighted by molar-refractivity contribution is 5.71. The molecule has 0 fully saturated rings. The molecule has 0 heterocycles. The molecule has 1 atom stereocenters. The van der Waals surface area contributed by atoms with Gasteiger partial charge < -0.3 is 14.2 Å². The van der Waals surface area contributed by atoms with Crippen LogP contribution in [0, 0.1) is 0 Å². The van der Waals surface area contributed by atoms with Crippen molar-refractivity contribution in [2.75, 3.05) is 13.2 Å². The first kappa shape index (κ1) is 50.9. The monoisotopic (exact) mass is 747 g/mol. The highest BCUT2D eigenvalue weighted by atomic mass is 16.6. The van der Waals surface area contributed by atoms with Crippen molar-refractivity contribution in [1.82, 2.24) is 0 Å². The van der Waals surface area contributed by atoms with Crippen molar-refractivity contribution in [3.63, 3.8) is 0 Å². The topological polar surface area (TPSA) is 78.9 Å². The van der Waals surface area contributed by atoms with E-state index < -0.39 is 6.10 Å². The number of carbonyl (C=O) groups excluding carboxylic acids is 3. The lowest BCUT2D eigenvalue weighted by atomic mass is 10.0. The van der Waals surface area contributed by atoms with Gasteiger partial charge in [0.15, 0.2) is 6.10 Å². The fourth-order valence-electron chi connectivity index (χ4n) is 6.59. The summed E-state index contributed by atoms with van der Waals surface area (Å²) in [6, 6.07) is 0. The molecular weight excluding hydrogens is 661 g/mol. The largest absolute Gasteiger partial charge is 0.462 e. The van der Waals surface area contributed by atoms with Crippen LogP contribution in [0.25, 0.3) is 0 Å². The Balaban J connectivity index is 4.29. The maximum absolute atomic E-state index is 12.7. The van der Waals surface area contributed by atoms with E-state index in [0.717, 1.165) is 83.5 Å². The second-order valence-electron chi connectivity index (χ2n) is 15.4. The van der Waals surface area contributed by atoms with Crippen LogP contribution >= 0.6 is 0 Å². The number of hydrogen-bond acceptors (Lipinski definition) is 6. The average molecular weight is 747 g/mol. The molecule has 1 unspecified atom stereocenters. The minimum Gasteiger partial charge on any atom is -0.462 e. The van der Waals surface area contributed by atoms with Crippen LogP contribution in [0.1, 0.15) is 239 Å². The van der Waals surface area contributed by atoms with E-state index >= 15 is 0 Å². The van der Waals surface area contributed by atoms with Crippen molar-refractivity contribution in [2.24, 2.45) is 0 Å². The van der Waals surface area contributed by atoms with Crippen LogP contribution in [0.3, 0.4) is 0 Å². The molecule has 0 N–H and O–H groups in total. The zero-order chi connectivity index (χ0) is 38.7. The molecule has 0 spiro atoms. The number of rotatable bonds is 42. The quantitative estimate of drug-likeness (QED) is 0.0268. The summed E-state index contributed by atoms with van der Waals surface area (Å²) < 4.78 is 16.6. The van der Waals surface area contributed by atoms with E-state index in [9.17, 15) is 14.4 Å². The van der Waals surface area contributed by atoms with Crippen molar-refractivity contribution >= 4 is 17.9 Å². The third-order valence-corrected chi connectivity index (χ3v) is 10.1. The summed E-state index contributed by atoms with van der Waals surface area (Å²) in [6.45, 7) is 8.12. The van der Waals surface area contributed by atoms with E-state index in [1.807, 2.05) is 6.08 Å². The third-order valence-electron chi connectivity index (χ3n) is 10.1. The van der Waals surface area contributed by atoms with Crippen LogP contribution in [-0.2, 0) is 28.6 Å². The summed E-state index contributed by atoms with van der Waals surface area (Å²) in [7, 11) is 0. The van der Waals surface area contributed by atoms with Crippen molar-refractivity contribution in [3.05, 3.63) is 24.8 Å². The van der Waals surface area contributed by atoms with Crippen LogP contribution in [0.15, 0.2) is 24.8 Å². The lowest BCUT2D eigenvalue weighted by Crippen LogP contribution is -2.30. The highest BCUT2D eigenvalue weighted by Gasteiger charge is 2.19. The highest BCUT2D eigenvalue weighted by Crippen LogP contribution is 2.15. The van der Waals surface area contributed by atoms with E-state index in [0.29, 0.717) is 19.3 Å².